The van der Waals surface area contributed by atoms with Gasteiger partial charge in [-0.15, -0.1) is 70.7 Å². The van der Waals surface area contributed by atoms with Crippen molar-refractivity contribution in [1.29, 1.82) is 10.5 Å². The molecule has 1 unspecified atom stereocenters. The largest absolute Gasteiger partial charge is 0.297 e. The number of aryl methyl sites for hydroxylation is 3. The van der Waals surface area contributed by atoms with Gasteiger partial charge in [0.2, 0.25) is 0 Å². The highest BCUT2D eigenvalue weighted by atomic mass is 32.2. The van der Waals surface area contributed by atoms with Crippen LogP contribution >= 0.6 is 105 Å². The van der Waals surface area contributed by atoms with Gasteiger partial charge in [-0.3, -0.25) is 4.79 Å². The predicted molar refractivity (Wildman–Crippen MR) is 278 cm³/mol. The first-order valence-corrected chi connectivity index (χ1v) is 25.8. The van der Waals surface area contributed by atoms with Crippen LogP contribution < -0.4 is 0 Å². The topological polar surface area (TPSA) is 64.7 Å². The molecule has 0 aliphatic carbocycles. The molecule has 1 atom stereocenters. The molecule has 0 saturated carbocycles. The van der Waals surface area contributed by atoms with Gasteiger partial charge < -0.3 is 0 Å². The van der Waals surface area contributed by atoms with Gasteiger partial charge in [-0.1, -0.05) is 115 Å². The van der Waals surface area contributed by atoms with Gasteiger partial charge in [-0.2, -0.15) is 10.5 Å². The lowest BCUT2D eigenvalue weighted by molar-refractivity contribution is 0.112. The maximum Gasteiger partial charge on any atom is 0.160 e. The van der Waals surface area contributed by atoms with Crippen molar-refractivity contribution < 1.29 is 4.79 Å². The molecule has 12 heteroatoms. The number of carbonyl (C=O) groups excluding carboxylic acids is 1. The number of hydrogen-bond donors (Lipinski definition) is 0. The zero-order valence-corrected chi connectivity index (χ0v) is 43.6. The van der Waals surface area contributed by atoms with Crippen molar-refractivity contribution in [3.05, 3.63) is 85.4 Å². The first kappa shape index (κ1) is 61.5. The van der Waals surface area contributed by atoms with Crippen LogP contribution in [-0.2, 0) is 0 Å². The van der Waals surface area contributed by atoms with E-state index in [9.17, 15) is 10.1 Å². The zero-order chi connectivity index (χ0) is 44.2. The van der Waals surface area contributed by atoms with Crippen LogP contribution in [0.2, 0.25) is 0 Å². The minimum atomic E-state index is -0.379. The lowest BCUT2D eigenvalue weighted by Gasteiger charge is -2.22. The Morgan fingerprint density at radius 1 is 0.768 bits per heavy atom. The van der Waals surface area contributed by atoms with E-state index in [2.05, 4.69) is 83.8 Å². The van der Waals surface area contributed by atoms with Gasteiger partial charge in [0.1, 0.15) is 11.8 Å². The molecule has 0 N–H and O–H groups in total. The highest BCUT2D eigenvalue weighted by Crippen LogP contribution is 2.44. The summed E-state index contributed by atoms with van der Waals surface area (Å²) in [6.07, 6.45) is 8.38. The molecule has 0 radical (unpaired) electrons. The van der Waals surface area contributed by atoms with Crippen molar-refractivity contribution in [1.82, 2.24) is 0 Å². The van der Waals surface area contributed by atoms with Crippen molar-refractivity contribution in [2.45, 2.75) is 132 Å². The van der Waals surface area contributed by atoms with E-state index in [1.54, 1.807) is 46.6 Å². The summed E-state index contributed by atoms with van der Waals surface area (Å²) in [4.78, 5) is 17.3. The van der Waals surface area contributed by atoms with Crippen LogP contribution in [-0.4, -0.2) is 29.6 Å². The number of hydrogen-bond acceptors (Lipinski definition) is 12. The van der Waals surface area contributed by atoms with Gasteiger partial charge in [0.05, 0.1) is 22.4 Å². The number of unbranched alkanes of at least 4 members (excludes halogenated alkanes) is 2. The van der Waals surface area contributed by atoms with Crippen molar-refractivity contribution in [3.63, 3.8) is 0 Å². The minimum Gasteiger partial charge on any atom is -0.297 e. The van der Waals surface area contributed by atoms with Crippen LogP contribution in [0.5, 0.6) is 0 Å². The van der Waals surface area contributed by atoms with Gasteiger partial charge in [-0.05, 0) is 116 Å². The maximum absolute atomic E-state index is 10.0. The summed E-state index contributed by atoms with van der Waals surface area (Å²) in [5.74, 6) is 2.17. The molecule has 314 valence electrons. The molecule has 0 fully saturated rings. The third-order valence-electron chi connectivity index (χ3n) is 6.20. The highest BCUT2D eigenvalue weighted by Gasteiger charge is 2.27. The SMILES string of the molecule is C=C.C=Cc1ccc(C)s1.CC.CC.CCCCSC(=S)SC(C)(C)C#N.CCCCSC(=S)SC(CC(C)(C)C#N)c1ccc(C)s1.Cc1ccc(C=O)s1. The molecule has 0 aliphatic rings. The summed E-state index contributed by atoms with van der Waals surface area (Å²) in [6, 6.07) is 16.9. The molecular formula is C44H68N2OS9. The van der Waals surface area contributed by atoms with Crippen LogP contribution in [0, 0.1) is 48.8 Å². The average Bonchev–Trinajstić information content (AvgIpc) is 3.95. The van der Waals surface area contributed by atoms with Crippen LogP contribution in [0.25, 0.3) is 6.08 Å². The number of carbonyl (C=O) groups is 1. The molecule has 3 rings (SSSR count). The molecule has 0 spiro atoms. The van der Waals surface area contributed by atoms with Crippen LogP contribution in [0.1, 0.15) is 141 Å². The Kier molecular flexibility index (Phi) is 43.1. The van der Waals surface area contributed by atoms with Crippen molar-refractivity contribution in [3.8, 4) is 12.1 Å². The number of rotatable bonds is 13. The van der Waals surface area contributed by atoms with Crippen LogP contribution in [0.3, 0.4) is 0 Å². The smallest absolute Gasteiger partial charge is 0.160 e. The summed E-state index contributed by atoms with van der Waals surface area (Å²) < 4.78 is 1.52. The molecule has 0 saturated heterocycles. The van der Waals surface area contributed by atoms with E-state index in [1.165, 1.54) is 73.2 Å². The van der Waals surface area contributed by atoms with Gasteiger partial charge in [0.25, 0.3) is 0 Å². The Hall–Kier alpha value is -1.19. The molecule has 0 aromatic carbocycles. The van der Waals surface area contributed by atoms with Crippen molar-refractivity contribution in [2.75, 3.05) is 11.5 Å². The first-order valence-electron chi connectivity index (χ1n) is 18.8. The van der Waals surface area contributed by atoms with Gasteiger partial charge in [-0.25, -0.2) is 0 Å². The van der Waals surface area contributed by atoms with E-state index in [0.29, 0.717) is 5.25 Å². The van der Waals surface area contributed by atoms with E-state index in [0.717, 1.165) is 36.1 Å². The quantitative estimate of drug-likeness (QED) is 0.0722. The molecule has 56 heavy (non-hydrogen) atoms. The zero-order valence-electron chi connectivity index (χ0n) is 36.2. The molecule has 3 nitrogen and oxygen atoms in total. The fourth-order valence-corrected chi connectivity index (χ4v) is 12.0. The second kappa shape index (κ2) is 39.3. The van der Waals surface area contributed by atoms with E-state index in [1.807, 2.05) is 91.9 Å². The van der Waals surface area contributed by atoms with Gasteiger partial charge >= 0.3 is 0 Å². The van der Waals surface area contributed by atoms with E-state index in [4.69, 9.17) is 29.7 Å². The number of nitriles is 2. The number of nitrogens with zero attached hydrogens (tertiary/aromatic N) is 2. The van der Waals surface area contributed by atoms with Crippen LogP contribution in [0.15, 0.2) is 56.1 Å². The highest BCUT2D eigenvalue weighted by molar-refractivity contribution is 8.48. The number of thiophene rings is 3. The lowest BCUT2D eigenvalue weighted by Crippen LogP contribution is -2.12. The average molecular weight is 930 g/mol. The summed E-state index contributed by atoms with van der Waals surface area (Å²) in [6.45, 7) is 36.0. The molecular weight excluding hydrogens is 861 g/mol. The summed E-state index contributed by atoms with van der Waals surface area (Å²) in [5, 5.41) is 18.4. The molecule has 0 aliphatic heterocycles. The standard InChI is InChI=1S/C16H23NS4.C9H15NS3.C7H8S.C6H6OS.2C2H6.C2H4/c1-5-6-9-19-15(18)21-14(10-16(3,4)11-17)13-8-7-12(2)20-13;1-4-5-6-12-8(11)13-9(2,3)7-10;1-3-7-5-4-6(2)8-7;1-5-2-3-6(4-7)8-5;3*1-2/h7-8,14H,5-6,9-10H2,1-4H3;4-6H2,1-3H3;3-5H,1H2,2H3;2-4H,1H3;2*1-2H3;1-2H2. The number of thioether (sulfide) groups is 4. The normalized spacial score (nSPS) is 10.3. The Labute approximate surface area is 383 Å². The minimum absolute atomic E-state index is 0.292. The summed E-state index contributed by atoms with van der Waals surface area (Å²) in [5.41, 5.74) is -0.320. The Morgan fingerprint density at radius 3 is 1.54 bits per heavy atom. The van der Waals surface area contributed by atoms with Gasteiger partial charge in [0, 0.05) is 29.6 Å². The van der Waals surface area contributed by atoms with E-state index in [-0.39, 0.29) is 10.2 Å². The van der Waals surface area contributed by atoms with Gasteiger partial charge in [0.15, 0.2) is 6.29 Å². The second-order valence-electron chi connectivity index (χ2n) is 12.1. The molecule has 3 aromatic rings. The van der Waals surface area contributed by atoms with E-state index < -0.39 is 0 Å². The Bertz CT molecular complexity index is 1490. The molecule has 0 amide bonds. The van der Waals surface area contributed by atoms with Crippen LogP contribution in [0.4, 0.5) is 0 Å². The predicted octanol–water partition coefficient (Wildman–Crippen LogP) is 17.9. The summed E-state index contributed by atoms with van der Waals surface area (Å²) in [7, 11) is 0. The maximum atomic E-state index is 10.0. The van der Waals surface area contributed by atoms with Crippen molar-refractivity contribution in [2.24, 2.45) is 5.41 Å². The fraction of sp³-hybridized carbons (Fsp3) is 0.523. The second-order valence-corrected chi connectivity index (χ2v) is 23.5. The monoisotopic (exact) mass is 928 g/mol. The number of thiocarbonyl (C=S) groups is 2. The number of aldehydes is 1. The third-order valence-corrected chi connectivity index (χ3v) is 15.0. The Morgan fingerprint density at radius 2 is 1.21 bits per heavy atom. The molecule has 3 aromatic heterocycles. The lowest BCUT2D eigenvalue weighted by atomic mass is 9.89. The fourth-order valence-electron chi connectivity index (χ4n) is 3.43. The first-order chi connectivity index (χ1) is 26.5. The Balaban J connectivity index is -0.000000330. The molecule has 0 bridgehead atoms. The van der Waals surface area contributed by atoms with E-state index >= 15 is 0 Å². The van der Waals surface area contributed by atoms with Crippen molar-refractivity contribution >= 4 is 125 Å². The third kappa shape index (κ3) is 34.8. The molecule has 3 heterocycles. The summed E-state index contributed by atoms with van der Waals surface area (Å²) >= 11 is 22.5.